The van der Waals surface area contributed by atoms with Crippen molar-refractivity contribution in [3.8, 4) is 0 Å². The third-order valence-corrected chi connectivity index (χ3v) is 4.29. The number of benzene rings is 2. The third kappa shape index (κ3) is 4.77. The van der Waals surface area contributed by atoms with Crippen LogP contribution in [0, 0.1) is 19.8 Å². The zero-order valence-electron chi connectivity index (χ0n) is 15.0. The van der Waals surface area contributed by atoms with Gasteiger partial charge in [0.15, 0.2) is 5.78 Å². The molecule has 0 saturated carbocycles. The van der Waals surface area contributed by atoms with E-state index in [1.165, 1.54) is 0 Å². The van der Waals surface area contributed by atoms with Gasteiger partial charge in [-0.15, -0.1) is 0 Å². The van der Waals surface area contributed by atoms with Crippen LogP contribution < -0.4 is 5.32 Å². The summed E-state index contributed by atoms with van der Waals surface area (Å²) in [6.07, 6.45) is 0.628. The molecule has 1 atom stereocenters. The number of carbonyl (C=O) groups is 2. The predicted molar refractivity (Wildman–Crippen MR) is 99.0 cm³/mol. The summed E-state index contributed by atoms with van der Waals surface area (Å²) in [5, 5.41) is 11.8. The lowest BCUT2D eigenvalue weighted by Crippen LogP contribution is -2.30. The molecule has 4 heteroatoms. The fourth-order valence-corrected chi connectivity index (χ4v) is 2.69. The largest absolute Gasteiger partial charge is 0.396 e. The Morgan fingerprint density at radius 2 is 1.72 bits per heavy atom. The van der Waals surface area contributed by atoms with Crippen LogP contribution in [0.2, 0.25) is 0 Å². The van der Waals surface area contributed by atoms with Gasteiger partial charge in [-0.3, -0.25) is 9.59 Å². The van der Waals surface area contributed by atoms with Crippen LogP contribution >= 0.6 is 0 Å². The number of rotatable bonds is 7. The lowest BCUT2D eigenvalue weighted by molar-refractivity contribution is 0.0935. The van der Waals surface area contributed by atoms with Crippen LogP contribution in [0.15, 0.2) is 42.5 Å². The molecule has 2 rings (SSSR count). The molecule has 0 heterocycles. The van der Waals surface area contributed by atoms with Crippen molar-refractivity contribution in [2.24, 2.45) is 5.92 Å². The topological polar surface area (TPSA) is 66.4 Å². The van der Waals surface area contributed by atoms with Gasteiger partial charge in [-0.05, 0) is 43.9 Å². The monoisotopic (exact) mass is 339 g/mol. The fourth-order valence-electron chi connectivity index (χ4n) is 2.69. The molecule has 0 aliphatic rings. The van der Waals surface area contributed by atoms with Gasteiger partial charge in [-0.1, -0.05) is 42.8 Å². The highest BCUT2D eigenvalue weighted by atomic mass is 16.3. The van der Waals surface area contributed by atoms with E-state index in [2.05, 4.69) is 5.32 Å². The molecule has 1 unspecified atom stereocenters. The smallest absolute Gasteiger partial charge is 0.252 e. The van der Waals surface area contributed by atoms with E-state index in [-0.39, 0.29) is 24.2 Å². The van der Waals surface area contributed by atoms with E-state index >= 15 is 0 Å². The first-order chi connectivity index (χ1) is 11.9. The second kappa shape index (κ2) is 8.58. The van der Waals surface area contributed by atoms with Crippen molar-refractivity contribution >= 4 is 11.7 Å². The van der Waals surface area contributed by atoms with Crippen molar-refractivity contribution in [2.75, 3.05) is 13.2 Å². The van der Waals surface area contributed by atoms with Crippen molar-refractivity contribution < 1.29 is 14.7 Å². The summed E-state index contributed by atoms with van der Waals surface area (Å²) in [5.41, 5.74) is 3.30. The van der Waals surface area contributed by atoms with Crippen LogP contribution in [0.25, 0.3) is 0 Å². The zero-order chi connectivity index (χ0) is 18.4. The van der Waals surface area contributed by atoms with Crippen LogP contribution in [0.1, 0.15) is 50.8 Å². The summed E-state index contributed by atoms with van der Waals surface area (Å²) in [7, 11) is 0. The van der Waals surface area contributed by atoms with E-state index in [0.717, 1.165) is 11.1 Å². The average Bonchev–Trinajstić information content (AvgIpc) is 2.61. The Morgan fingerprint density at radius 1 is 1.04 bits per heavy atom. The summed E-state index contributed by atoms with van der Waals surface area (Å²) < 4.78 is 0. The van der Waals surface area contributed by atoms with E-state index in [1.54, 1.807) is 24.3 Å². The number of aliphatic hydroxyl groups excluding tert-OH is 1. The molecule has 2 aromatic rings. The molecular weight excluding hydrogens is 314 g/mol. The second-order valence-electron chi connectivity index (χ2n) is 6.52. The zero-order valence-corrected chi connectivity index (χ0v) is 15.0. The first kappa shape index (κ1) is 18.9. The first-order valence-electron chi connectivity index (χ1n) is 8.54. The highest BCUT2D eigenvalue weighted by Crippen LogP contribution is 2.19. The minimum atomic E-state index is -0.265. The van der Waals surface area contributed by atoms with Crippen molar-refractivity contribution in [2.45, 2.75) is 27.2 Å². The van der Waals surface area contributed by atoms with Gasteiger partial charge in [-0.25, -0.2) is 0 Å². The molecule has 0 aliphatic heterocycles. The molecule has 0 spiro atoms. The molecule has 0 radical (unpaired) electrons. The number of carbonyl (C=O) groups excluding carboxylic acids is 2. The standard InChI is InChI=1S/C21H25NO3/c1-14-8-9-16(3)19(12-14)20(24)17-6-4-5-7-18(17)21(25)22-13-15(2)10-11-23/h4-9,12,15,23H,10-11,13H2,1-3H3,(H,22,25). The summed E-state index contributed by atoms with van der Waals surface area (Å²) >= 11 is 0. The lowest BCUT2D eigenvalue weighted by atomic mass is 9.94. The van der Waals surface area contributed by atoms with E-state index in [1.807, 2.05) is 39.0 Å². The Labute approximate surface area is 148 Å². The Balaban J connectivity index is 2.27. The maximum absolute atomic E-state index is 13.0. The molecule has 2 N–H and O–H groups in total. The number of amides is 1. The third-order valence-electron chi connectivity index (χ3n) is 4.29. The van der Waals surface area contributed by atoms with Gasteiger partial charge >= 0.3 is 0 Å². The molecule has 0 aliphatic carbocycles. The van der Waals surface area contributed by atoms with Gasteiger partial charge in [0.25, 0.3) is 5.91 Å². The highest BCUT2D eigenvalue weighted by molar-refractivity contribution is 6.15. The van der Waals surface area contributed by atoms with Crippen LogP contribution in [0.5, 0.6) is 0 Å². The molecule has 0 fully saturated rings. The van der Waals surface area contributed by atoms with E-state index in [4.69, 9.17) is 5.11 Å². The van der Waals surface area contributed by atoms with E-state index in [0.29, 0.717) is 29.7 Å². The number of hydrogen-bond donors (Lipinski definition) is 2. The Bertz CT molecular complexity index is 767. The summed E-state index contributed by atoms with van der Waals surface area (Å²) in [6, 6.07) is 12.6. The lowest BCUT2D eigenvalue weighted by Gasteiger charge is -2.14. The minimum Gasteiger partial charge on any atom is -0.396 e. The van der Waals surface area contributed by atoms with Crippen LogP contribution in [-0.2, 0) is 0 Å². The normalized spacial score (nSPS) is 11.8. The van der Waals surface area contributed by atoms with Gasteiger partial charge in [0.05, 0.1) is 5.56 Å². The van der Waals surface area contributed by atoms with Gasteiger partial charge in [0.2, 0.25) is 0 Å². The Kier molecular flexibility index (Phi) is 6.48. The van der Waals surface area contributed by atoms with Crippen molar-refractivity contribution in [1.29, 1.82) is 0 Å². The second-order valence-corrected chi connectivity index (χ2v) is 6.52. The number of aryl methyl sites for hydroxylation is 2. The summed E-state index contributed by atoms with van der Waals surface area (Å²) in [6.45, 7) is 6.36. The van der Waals surface area contributed by atoms with Gasteiger partial charge in [0, 0.05) is 24.3 Å². The van der Waals surface area contributed by atoms with Crippen LogP contribution in [-0.4, -0.2) is 29.9 Å². The fraction of sp³-hybridized carbons (Fsp3) is 0.333. The molecule has 2 aromatic carbocycles. The Hall–Kier alpha value is -2.46. The van der Waals surface area contributed by atoms with Gasteiger partial charge < -0.3 is 10.4 Å². The van der Waals surface area contributed by atoms with Crippen molar-refractivity contribution in [3.05, 3.63) is 70.3 Å². The van der Waals surface area contributed by atoms with E-state index in [9.17, 15) is 9.59 Å². The van der Waals surface area contributed by atoms with Crippen molar-refractivity contribution in [3.63, 3.8) is 0 Å². The quantitative estimate of drug-likeness (QED) is 0.761. The first-order valence-corrected chi connectivity index (χ1v) is 8.54. The SMILES string of the molecule is Cc1ccc(C)c(C(=O)c2ccccc2C(=O)NCC(C)CCO)c1. The minimum absolute atomic E-state index is 0.0960. The predicted octanol–water partition coefficient (Wildman–Crippen LogP) is 3.28. The Morgan fingerprint density at radius 3 is 2.40 bits per heavy atom. The number of nitrogens with one attached hydrogen (secondary N) is 1. The molecule has 132 valence electrons. The maximum atomic E-state index is 13.0. The van der Waals surface area contributed by atoms with Crippen LogP contribution in [0.4, 0.5) is 0 Å². The summed E-state index contributed by atoms with van der Waals surface area (Å²) in [4.78, 5) is 25.5. The van der Waals surface area contributed by atoms with Gasteiger partial charge in [-0.2, -0.15) is 0 Å². The number of ketones is 1. The highest BCUT2D eigenvalue weighted by Gasteiger charge is 2.19. The molecule has 1 amide bonds. The number of hydrogen-bond acceptors (Lipinski definition) is 3. The molecule has 0 bridgehead atoms. The average molecular weight is 339 g/mol. The van der Waals surface area contributed by atoms with Crippen molar-refractivity contribution in [1.82, 2.24) is 5.32 Å². The number of aliphatic hydroxyl groups is 1. The molecule has 0 saturated heterocycles. The summed E-state index contributed by atoms with van der Waals surface area (Å²) in [5.74, 6) is -0.231. The van der Waals surface area contributed by atoms with E-state index < -0.39 is 0 Å². The maximum Gasteiger partial charge on any atom is 0.252 e. The van der Waals surface area contributed by atoms with Gasteiger partial charge in [0.1, 0.15) is 0 Å². The molecule has 25 heavy (non-hydrogen) atoms. The van der Waals surface area contributed by atoms with Crippen LogP contribution in [0.3, 0.4) is 0 Å². The molecule has 4 nitrogen and oxygen atoms in total. The molecular formula is C21H25NO3. The molecule has 0 aromatic heterocycles.